The van der Waals surface area contributed by atoms with E-state index in [4.69, 9.17) is 4.42 Å². The fourth-order valence-electron chi connectivity index (χ4n) is 2.99. The molecule has 6 nitrogen and oxygen atoms in total. The fraction of sp³-hybridized carbons (Fsp3) is 0.562. The van der Waals surface area contributed by atoms with Gasteiger partial charge < -0.3 is 9.73 Å². The molecule has 0 radical (unpaired) electrons. The Labute approximate surface area is 140 Å². The molecule has 1 aliphatic rings. The number of benzene rings is 1. The summed E-state index contributed by atoms with van der Waals surface area (Å²) in [7, 11) is -3.12. The molecule has 8 heteroatoms. The van der Waals surface area contributed by atoms with Crippen molar-refractivity contribution in [3.8, 4) is 0 Å². The highest BCUT2D eigenvalue weighted by atomic mass is 32.2. The lowest BCUT2D eigenvalue weighted by Crippen LogP contribution is -2.34. The first-order valence-corrected chi connectivity index (χ1v) is 9.90. The number of oxazole rings is 1. The van der Waals surface area contributed by atoms with Gasteiger partial charge in [-0.1, -0.05) is 0 Å². The third kappa shape index (κ3) is 4.24. The summed E-state index contributed by atoms with van der Waals surface area (Å²) in [6.07, 6.45) is 3.73. The van der Waals surface area contributed by atoms with Gasteiger partial charge in [-0.15, -0.1) is 0 Å². The molecule has 0 amide bonds. The van der Waals surface area contributed by atoms with Crippen LogP contribution in [0.1, 0.15) is 32.6 Å². The molecule has 0 bridgehead atoms. The van der Waals surface area contributed by atoms with Crippen LogP contribution in [-0.4, -0.2) is 31.7 Å². The van der Waals surface area contributed by atoms with E-state index >= 15 is 0 Å². The molecule has 1 aromatic heterocycles. The van der Waals surface area contributed by atoms with Gasteiger partial charge in [0, 0.05) is 18.7 Å². The standard InChI is InChI=1S/C16H22FN3O3S/c1-2-24(21,22)18-10-11-3-6-13(7-4-11)19-16-20-14-9-12(17)5-8-15(14)23-16/h5,8-9,11,13,18H,2-4,6-7,10H2,1H3,(H,19,20). The Bertz CT molecular complexity index is 798. The SMILES string of the molecule is CCS(=O)(=O)NCC1CCC(Nc2nc3cc(F)ccc3o2)CC1. The molecule has 24 heavy (non-hydrogen) atoms. The van der Waals surface area contributed by atoms with E-state index in [0.29, 0.717) is 29.6 Å². The Morgan fingerprint density at radius 1 is 1.29 bits per heavy atom. The Morgan fingerprint density at radius 2 is 2.04 bits per heavy atom. The second kappa shape index (κ2) is 7.06. The Hall–Kier alpha value is -1.67. The molecule has 0 unspecified atom stereocenters. The molecule has 1 aromatic carbocycles. The molecule has 3 rings (SSSR count). The zero-order valence-corrected chi connectivity index (χ0v) is 14.4. The predicted octanol–water partition coefficient (Wildman–Crippen LogP) is 2.88. The van der Waals surface area contributed by atoms with Crippen molar-refractivity contribution in [3.05, 3.63) is 24.0 Å². The summed E-state index contributed by atoms with van der Waals surface area (Å²) >= 11 is 0. The molecule has 0 aliphatic heterocycles. The van der Waals surface area contributed by atoms with Crippen LogP contribution in [0.3, 0.4) is 0 Å². The van der Waals surface area contributed by atoms with Crippen LogP contribution >= 0.6 is 0 Å². The van der Waals surface area contributed by atoms with Crippen molar-refractivity contribution in [3.63, 3.8) is 0 Å². The summed E-state index contributed by atoms with van der Waals surface area (Å²) in [6, 6.07) is 4.91. The van der Waals surface area contributed by atoms with Crippen molar-refractivity contribution in [1.82, 2.24) is 9.71 Å². The van der Waals surface area contributed by atoms with E-state index in [-0.39, 0.29) is 17.6 Å². The molecule has 1 fully saturated rings. The van der Waals surface area contributed by atoms with Gasteiger partial charge in [0.15, 0.2) is 5.58 Å². The van der Waals surface area contributed by atoms with Crippen LogP contribution in [0, 0.1) is 11.7 Å². The maximum absolute atomic E-state index is 13.2. The highest BCUT2D eigenvalue weighted by molar-refractivity contribution is 7.89. The number of anilines is 1. The normalized spacial score (nSPS) is 21.9. The van der Waals surface area contributed by atoms with Gasteiger partial charge in [0.05, 0.1) is 5.75 Å². The first-order chi connectivity index (χ1) is 11.4. The minimum absolute atomic E-state index is 0.113. The summed E-state index contributed by atoms with van der Waals surface area (Å²) in [6.45, 7) is 2.14. The first-order valence-electron chi connectivity index (χ1n) is 8.25. The zero-order chi connectivity index (χ0) is 17.2. The van der Waals surface area contributed by atoms with Crippen LogP contribution in [0.15, 0.2) is 22.6 Å². The molecular weight excluding hydrogens is 333 g/mol. The van der Waals surface area contributed by atoms with Gasteiger partial charge in [-0.25, -0.2) is 17.5 Å². The third-order valence-corrected chi connectivity index (χ3v) is 5.86. The number of nitrogens with zero attached hydrogens (tertiary/aromatic N) is 1. The monoisotopic (exact) mass is 355 g/mol. The van der Waals surface area contributed by atoms with Crippen LogP contribution in [0.5, 0.6) is 0 Å². The molecule has 132 valence electrons. The van der Waals surface area contributed by atoms with Crippen LogP contribution in [0.25, 0.3) is 11.1 Å². The number of hydrogen-bond acceptors (Lipinski definition) is 5. The quantitative estimate of drug-likeness (QED) is 0.832. The van der Waals surface area contributed by atoms with Gasteiger partial charge in [0.2, 0.25) is 10.0 Å². The van der Waals surface area contributed by atoms with E-state index in [2.05, 4.69) is 15.0 Å². The van der Waals surface area contributed by atoms with Gasteiger partial charge in [-0.2, -0.15) is 4.98 Å². The highest BCUT2D eigenvalue weighted by Gasteiger charge is 2.23. The van der Waals surface area contributed by atoms with E-state index in [9.17, 15) is 12.8 Å². The van der Waals surface area contributed by atoms with Crippen LogP contribution in [0.2, 0.25) is 0 Å². The van der Waals surface area contributed by atoms with Gasteiger partial charge in [-0.3, -0.25) is 0 Å². The van der Waals surface area contributed by atoms with E-state index in [1.165, 1.54) is 12.1 Å². The van der Waals surface area contributed by atoms with E-state index in [1.54, 1.807) is 13.0 Å². The molecule has 0 saturated heterocycles. The second-order valence-corrected chi connectivity index (χ2v) is 8.34. The summed E-state index contributed by atoms with van der Waals surface area (Å²) in [5.41, 5.74) is 1.06. The average Bonchev–Trinajstić information content (AvgIpc) is 2.95. The maximum atomic E-state index is 13.2. The van der Waals surface area contributed by atoms with E-state index < -0.39 is 10.0 Å². The Morgan fingerprint density at radius 3 is 2.75 bits per heavy atom. The minimum Gasteiger partial charge on any atom is -0.424 e. The first kappa shape index (κ1) is 17.2. The number of nitrogens with one attached hydrogen (secondary N) is 2. The van der Waals surface area contributed by atoms with E-state index in [0.717, 1.165) is 25.7 Å². The molecule has 0 atom stereocenters. The number of aromatic nitrogens is 1. The number of hydrogen-bond donors (Lipinski definition) is 2. The maximum Gasteiger partial charge on any atom is 0.295 e. The summed E-state index contributed by atoms with van der Waals surface area (Å²) in [5.74, 6) is 0.141. The van der Waals surface area contributed by atoms with Crippen LogP contribution in [0.4, 0.5) is 10.4 Å². The smallest absolute Gasteiger partial charge is 0.295 e. The molecule has 2 N–H and O–H groups in total. The largest absolute Gasteiger partial charge is 0.424 e. The highest BCUT2D eigenvalue weighted by Crippen LogP contribution is 2.27. The van der Waals surface area contributed by atoms with Crippen LogP contribution < -0.4 is 10.0 Å². The molecule has 2 aromatic rings. The molecule has 0 spiro atoms. The third-order valence-electron chi connectivity index (χ3n) is 4.50. The predicted molar refractivity (Wildman–Crippen MR) is 90.8 cm³/mol. The summed E-state index contributed by atoms with van der Waals surface area (Å²) in [5, 5.41) is 3.25. The topological polar surface area (TPSA) is 84.2 Å². The Kier molecular flexibility index (Phi) is 5.05. The summed E-state index contributed by atoms with van der Waals surface area (Å²) < 4.78 is 44.4. The Balaban J connectivity index is 1.51. The number of sulfonamides is 1. The number of halogens is 1. The van der Waals surface area contributed by atoms with Crippen molar-refractivity contribution in [1.29, 1.82) is 0 Å². The van der Waals surface area contributed by atoms with Crippen molar-refractivity contribution < 1.29 is 17.2 Å². The van der Waals surface area contributed by atoms with Crippen molar-refractivity contribution in [2.75, 3.05) is 17.6 Å². The lowest BCUT2D eigenvalue weighted by Gasteiger charge is -2.28. The van der Waals surface area contributed by atoms with Gasteiger partial charge in [-0.05, 0) is 50.7 Å². The zero-order valence-electron chi connectivity index (χ0n) is 13.6. The minimum atomic E-state index is -3.12. The van der Waals surface area contributed by atoms with Gasteiger partial charge >= 0.3 is 0 Å². The van der Waals surface area contributed by atoms with Gasteiger partial charge in [0.25, 0.3) is 6.01 Å². The number of rotatable bonds is 6. The van der Waals surface area contributed by atoms with Crippen molar-refractivity contribution in [2.24, 2.45) is 5.92 Å². The summed E-state index contributed by atoms with van der Waals surface area (Å²) in [4.78, 5) is 4.26. The lowest BCUT2D eigenvalue weighted by atomic mass is 9.86. The number of fused-ring (bicyclic) bond motifs is 1. The molecule has 1 saturated carbocycles. The van der Waals surface area contributed by atoms with E-state index in [1.807, 2.05) is 0 Å². The molecule has 1 aliphatic carbocycles. The fourth-order valence-corrected chi connectivity index (χ4v) is 3.69. The van der Waals surface area contributed by atoms with Crippen molar-refractivity contribution >= 4 is 27.1 Å². The van der Waals surface area contributed by atoms with Crippen LogP contribution in [-0.2, 0) is 10.0 Å². The lowest BCUT2D eigenvalue weighted by molar-refractivity contribution is 0.334. The second-order valence-electron chi connectivity index (χ2n) is 6.24. The molecular formula is C16H22FN3O3S. The van der Waals surface area contributed by atoms with Gasteiger partial charge in [0.1, 0.15) is 11.3 Å². The average molecular weight is 355 g/mol. The molecule has 1 heterocycles. The van der Waals surface area contributed by atoms with Crippen molar-refractivity contribution in [2.45, 2.75) is 38.6 Å².